The van der Waals surface area contributed by atoms with Crippen LogP contribution in [0.5, 0.6) is 5.75 Å². The third-order valence-corrected chi connectivity index (χ3v) is 8.57. The first-order valence-corrected chi connectivity index (χ1v) is 15.9. The minimum Gasteiger partial charge on any atom is -0.440 e. The van der Waals surface area contributed by atoms with Crippen LogP contribution in [-0.4, -0.2) is 54.2 Å². The number of benzene rings is 3. The number of imidazole rings is 1. The number of hydrogen-bond donors (Lipinski definition) is 1. The number of alkyl halides is 6. The van der Waals surface area contributed by atoms with E-state index >= 15 is 0 Å². The van der Waals surface area contributed by atoms with Crippen molar-refractivity contribution in [2.24, 2.45) is 0 Å². The van der Waals surface area contributed by atoms with Crippen molar-refractivity contribution in [3.8, 4) is 45.1 Å². The quantitative estimate of drug-likeness (QED) is 0.123. The highest BCUT2D eigenvalue weighted by molar-refractivity contribution is 7.79. The van der Waals surface area contributed by atoms with Crippen molar-refractivity contribution in [2.75, 3.05) is 19.6 Å². The van der Waals surface area contributed by atoms with E-state index in [1.54, 1.807) is 30.3 Å². The monoisotopic (exact) mass is 690 g/mol. The van der Waals surface area contributed by atoms with Crippen molar-refractivity contribution in [2.45, 2.75) is 43.6 Å². The van der Waals surface area contributed by atoms with Crippen molar-refractivity contribution in [3.63, 3.8) is 0 Å². The summed E-state index contributed by atoms with van der Waals surface area (Å²) in [5.41, 5.74) is 1.20. The highest BCUT2D eigenvalue weighted by atomic mass is 32.2. The molecular weight excluding hydrogens is 662 g/mol. The Kier molecular flexibility index (Phi) is 9.20. The van der Waals surface area contributed by atoms with E-state index in [2.05, 4.69) is 14.6 Å². The molecular formula is C33H28F6N4O4S. The lowest BCUT2D eigenvalue weighted by atomic mass is 9.98. The summed E-state index contributed by atoms with van der Waals surface area (Å²) in [7, 11) is 0. The molecule has 0 spiro atoms. The second-order valence-electron chi connectivity index (χ2n) is 11.2. The van der Waals surface area contributed by atoms with Gasteiger partial charge in [-0.05, 0) is 92.5 Å². The number of aryl methyl sites for hydroxylation is 1. The summed E-state index contributed by atoms with van der Waals surface area (Å²) in [4.78, 5) is 10.8. The molecule has 1 fully saturated rings. The summed E-state index contributed by atoms with van der Waals surface area (Å²) < 4.78 is 113. The fourth-order valence-electron chi connectivity index (χ4n) is 5.67. The Bertz CT molecular complexity index is 1950. The molecule has 2 aromatic heterocycles. The van der Waals surface area contributed by atoms with Gasteiger partial charge in [-0.25, -0.2) is 14.2 Å². The van der Waals surface area contributed by atoms with Crippen LogP contribution in [0.1, 0.15) is 30.3 Å². The maximum Gasteiger partial charge on any atom is 0.573 e. The zero-order valence-corrected chi connectivity index (χ0v) is 26.1. The predicted octanol–water partition coefficient (Wildman–Crippen LogP) is 8.31. The van der Waals surface area contributed by atoms with Crippen LogP contribution in [0.25, 0.3) is 39.4 Å². The smallest absolute Gasteiger partial charge is 0.440 e. The van der Waals surface area contributed by atoms with E-state index in [4.69, 9.17) is 9.40 Å². The number of rotatable bonds is 9. The van der Waals surface area contributed by atoms with Crippen LogP contribution in [0.3, 0.4) is 0 Å². The lowest BCUT2D eigenvalue weighted by Gasteiger charge is -2.14. The van der Waals surface area contributed by atoms with Crippen LogP contribution in [0.2, 0.25) is 0 Å². The lowest BCUT2D eigenvalue weighted by molar-refractivity contribution is -0.274. The van der Waals surface area contributed by atoms with Gasteiger partial charge in [0.05, 0.1) is 10.6 Å². The summed E-state index contributed by atoms with van der Waals surface area (Å²) >= 11 is -2.27. The first-order valence-electron chi connectivity index (χ1n) is 14.8. The topological polar surface area (TPSA) is 93.6 Å². The summed E-state index contributed by atoms with van der Waals surface area (Å²) in [5.74, 6) is 0.0901. The third kappa shape index (κ3) is 7.48. The molecule has 0 saturated carbocycles. The Morgan fingerprint density at radius 2 is 1.60 bits per heavy atom. The fourth-order valence-corrected chi connectivity index (χ4v) is 6.09. The molecule has 3 heterocycles. The second-order valence-corrected chi connectivity index (χ2v) is 12.2. The molecule has 5 aromatic rings. The number of likely N-dealkylation sites (tertiary alicyclic amines) is 1. The van der Waals surface area contributed by atoms with Crippen LogP contribution >= 0.6 is 0 Å². The Morgan fingerprint density at radius 1 is 0.917 bits per heavy atom. The lowest BCUT2D eigenvalue weighted by Crippen LogP contribution is -2.21. The van der Waals surface area contributed by atoms with Crippen molar-refractivity contribution < 1.29 is 44.3 Å². The van der Waals surface area contributed by atoms with Gasteiger partial charge >= 0.3 is 12.5 Å². The van der Waals surface area contributed by atoms with Crippen molar-refractivity contribution >= 4 is 11.1 Å². The van der Waals surface area contributed by atoms with Crippen LogP contribution < -0.4 is 4.74 Å². The van der Waals surface area contributed by atoms with Crippen LogP contribution in [0.15, 0.2) is 82.2 Å². The zero-order chi connectivity index (χ0) is 34.2. The van der Waals surface area contributed by atoms with Gasteiger partial charge in [-0.2, -0.15) is 13.2 Å². The normalized spacial score (nSPS) is 14.8. The van der Waals surface area contributed by atoms with Gasteiger partial charge in [-0.15, -0.1) is 13.2 Å². The Hall–Kier alpha value is -4.47. The first kappa shape index (κ1) is 33.4. The molecule has 0 radical (unpaired) electrons. The molecule has 3 aromatic carbocycles. The average molecular weight is 691 g/mol. The zero-order valence-electron chi connectivity index (χ0n) is 25.3. The summed E-state index contributed by atoms with van der Waals surface area (Å²) in [6.45, 7) is 3.92. The molecule has 1 aliphatic rings. The molecule has 48 heavy (non-hydrogen) atoms. The highest BCUT2D eigenvalue weighted by Crippen LogP contribution is 2.40. The van der Waals surface area contributed by atoms with Crippen molar-refractivity contribution in [1.82, 2.24) is 19.4 Å². The molecule has 8 nitrogen and oxygen atoms in total. The van der Waals surface area contributed by atoms with Crippen molar-refractivity contribution in [3.05, 3.63) is 90.3 Å². The molecule has 0 amide bonds. The largest absolute Gasteiger partial charge is 0.573 e. The van der Waals surface area contributed by atoms with E-state index in [-0.39, 0.29) is 27.9 Å². The standard InChI is InChI=1S/C33H28F6N4O4S/c1-20-40-28(32(34,35)36)19-43(20)27-12-9-23(22-5-4-6-25(17-22)48(44)45)18-26(27)31-30(21-7-10-24(11-8-21)47-33(37,38)39)41-29(46-31)13-16-42-14-2-3-15-42/h4-12,17-19H,2-3,13-16H2,1H3,(H,44,45). The molecule has 0 bridgehead atoms. The van der Waals surface area contributed by atoms with Crippen LogP contribution in [0, 0.1) is 6.92 Å². The van der Waals surface area contributed by atoms with E-state index in [1.807, 2.05) is 0 Å². The Morgan fingerprint density at radius 3 is 2.25 bits per heavy atom. The molecule has 1 N–H and O–H groups in total. The molecule has 252 valence electrons. The van der Waals surface area contributed by atoms with Gasteiger partial charge in [0, 0.05) is 30.3 Å². The second kappa shape index (κ2) is 13.2. The maximum atomic E-state index is 13.7. The number of nitrogens with zero attached hydrogens (tertiary/aromatic N) is 4. The Labute approximate surface area is 273 Å². The number of oxazole rings is 1. The number of hydrogen-bond acceptors (Lipinski definition) is 6. The van der Waals surface area contributed by atoms with Gasteiger partial charge in [-0.1, -0.05) is 18.2 Å². The Balaban J connectivity index is 1.53. The average Bonchev–Trinajstić information content (AvgIpc) is 3.80. The summed E-state index contributed by atoms with van der Waals surface area (Å²) in [6, 6.07) is 16.3. The van der Waals surface area contributed by atoms with E-state index in [0.717, 1.165) is 44.3 Å². The van der Waals surface area contributed by atoms with Gasteiger partial charge in [0.2, 0.25) is 0 Å². The summed E-state index contributed by atoms with van der Waals surface area (Å²) in [5, 5.41) is 0. The van der Waals surface area contributed by atoms with Crippen molar-refractivity contribution in [1.29, 1.82) is 0 Å². The molecule has 15 heteroatoms. The molecule has 1 saturated heterocycles. The van der Waals surface area contributed by atoms with Gasteiger partial charge in [0.1, 0.15) is 17.3 Å². The van der Waals surface area contributed by atoms with Gasteiger partial charge in [-0.3, -0.25) is 0 Å². The van der Waals surface area contributed by atoms with Gasteiger partial charge in [0.25, 0.3) is 0 Å². The van der Waals surface area contributed by atoms with E-state index in [1.165, 1.54) is 35.8 Å². The fraction of sp³-hybridized carbons (Fsp3) is 0.273. The van der Waals surface area contributed by atoms with E-state index < -0.39 is 35.1 Å². The first-order chi connectivity index (χ1) is 22.7. The van der Waals surface area contributed by atoms with E-state index in [9.17, 15) is 35.1 Å². The summed E-state index contributed by atoms with van der Waals surface area (Å²) in [6.07, 6.45) is -6.19. The SMILES string of the molecule is Cc1nc(C(F)(F)F)cn1-c1ccc(-c2cccc(S(=O)O)c2)cc1-c1oc(CCN2CCCC2)nc1-c1ccc(OC(F)(F)F)cc1. The number of halogens is 6. The maximum absolute atomic E-state index is 13.7. The minimum absolute atomic E-state index is 0.0398. The third-order valence-electron chi connectivity index (χ3n) is 7.92. The number of ether oxygens (including phenoxy) is 1. The molecule has 6 rings (SSSR count). The van der Waals surface area contributed by atoms with Gasteiger partial charge in [0.15, 0.2) is 28.4 Å². The molecule has 1 atom stereocenters. The minimum atomic E-state index is -4.89. The van der Waals surface area contributed by atoms with Gasteiger partial charge < -0.3 is 23.2 Å². The van der Waals surface area contributed by atoms with Crippen LogP contribution in [-0.2, 0) is 23.7 Å². The molecule has 0 aliphatic carbocycles. The predicted molar refractivity (Wildman–Crippen MR) is 165 cm³/mol. The highest BCUT2D eigenvalue weighted by Gasteiger charge is 2.35. The number of aromatic nitrogens is 3. The van der Waals surface area contributed by atoms with Crippen LogP contribution in [0.4, 0.5) is 26.3 Å². The molecule has 1 unspecified atom stereocenters. The van der Waals surface area contributed by atoms with E-state index in [0.29, 0.717) is 41.1 Å². The molecule has 1 aliphatic heterocycles.